The topological polar surface area (TPSA) is 65.5 Å². The SMILES string of the molecule is Cc1cc(CN)oc1C(=O)OC(C)(C)C. The Balaban J connectivity index is 2.87. The van der Waals surface area contributed by atoms with E-state index in [4.69, 9.17) is 14.9 Å². The van der Waals surface area contributed by atoms with Gasteiger partial charge in [-0.25, -0.2) is 4.79 Å². The van der Waals surface area contributed by atoms with Crippen LogP contribution in [-0.2, 0) is 11.3 Å². The minimum atomic E-state index is -0.515. The van der Waals surface area contributed by atoms with Crippen LogP contribution < -0.4 is 5.73 Å². The Morgan fingerprint density at radius 1 is 1.53 bits per heavy atom. The largest absolute Gasteiger partial charge is 0.454 e. The molecule has 0 amide bonds. The summed E-state index contributed by atoms with van der Waals surface area (Å²) in [7, 11) is 0. The molecule has 0 aliphatic rings. The highest BCUT2D eigenvalue weighted by Crippen LogP contribution is 2.18. The molecule has 84 valence electrons. The normalized spacial score (nSPS) is 11.5. The van der Waals surface area contributed by atoms with Gasteiger partial charge in [0, 0.05) is 5.56 Å². The molecular formula is C11H17NO3. The van der Waals surface area contributed by atoms with E-state index in [0.29, 0.717) is 5.76 Å². The van der Waals surface area contributed by atoms with Gasteiger partial charge in [0.1, 0.15) is 11.4 Å². The first-order valence-corrected chi connectivity index (χ1v) is 4.86. The molecule has 0 bridgehead atoms. The molecule has 1 heterocycles. The van der Waals surface area contributed by atoms with Crippen LogP contribution in [0.3, 0.4) is 0 Å². The molecule has 2 N–H and O–H groups in total. The fraction of sp³-hybridized carbons (Fsp3) is 0.545. The molecule has 0 unspecified atom stereocenters. The van der Waals surface area contributed by atoms with E-state index in [0.717, 1.165) is 5.56 Å². The summed E-state index contributed by atoms with van der Waals surface area (Å²) >= 11 is 0. The molecule has 0 spiro atoms. The fourth-order valence-electron chi connectivity index (χ4n) is 1.18. The molecule has 0 saturated heterocycles. The molecule has 4 nitrogen and oxygen atoms in total. The third-order valence-electron chi connectivity index (χ3n) is 1.75. The first-order chi connectivity index (χ1) is 6.83. The molecule has 0 atom stereocenters. The molecule has 0 fully saturated rings. The van der Waals surface area contributed by atoms with E-state index >= 15 is 0 Å². The zero-order valence-corrected chi connectivity index (χ0v) is 9.59. The second-order valence-electron chi connectivity index (χ2n) is 4.43. The Morgan fingerprint density at radius 3 is 2.53 bits per heavy atom. The Morgan fingerprint density at radius 2 is 2.13 bits per heavy atom. The predicted molar refractivity (Wildman–Crippen MR) is 56.5 cm³/mol. The molecule has 1 rings (SSSR count). The van der Waals surface area contributed by atoms with Gasteiger partial charge in [0.05, 0.1) is 6.54 Å². The third kappa shape index (κ3) is 3.09. The third-order valence-corrected chi connectivity index (χ3v) is 1.75. The number of aryl methyl sites for hydroxylation is 1. The zero-order chi connectivity index (χ0) is 11.6. The number of esters is 1. The van der Waals surface area contributed by atoms with Crippen LogP contribution >= 0.6 is 0 Å². The van der Waals surface area contributed by atoms with Gasteiger partial charge in [-0.15, -0.1) is 0 Å². The van der Waals surface area contributed by atoms with E-state index < -0.39 is 11.6 Å². The van der Waals surface area contributed by atoms with Crippen LogP contribution in [0.1, 0.15) is 42.6 Å². The summed E-state index contributed by atoms with van der Waals surface area (Å²) in [4.78, 5) is 11.7. The first-order valence-electron chi connectivity index (χ1n) is 4.86. The van der Waals surface area contributed by atoms with E-state index in [9.17, 15) is 4.79 Å². The summed E-state index contributed by atoms with van der Waals surface area (Å²) in [6.45, 7) is 7.51. The van der Waals surface area contributed by atoms with E-state index in [2.05, 4.69) is 0 Å². The van der Waals surface area contributed by atoms with Crippen molar-refractivity contribution < 1.29 is 13.9 Å². The van der Waals surface area contributed by atoms with Gasteiger partial charge in [-0.05, 0) is 33.8 Å². The second-order valence-corrected chi connectivity index (χ2v) is 4.43. The Hall–Kier alpha value is -1.29. The lowest BCUT2D eigenvalue weighted by Crippen LogP contribution is -2.24. The molecule has 0 radical (unpaired) electrons. The first kappa shape index (κ1) is 11.8. The number of carbonyl (C=O) groups is 1. The molecule has 15 heavy (non-hydrogen) atoms. The van der Waals surface area contributed by atoms with Crippen molar-refractivity contribution in [3.8, 4) is 0 Å². The van der Waals surface area contributed by atoms with Gasteiger partial charge in [0.15, 0.2) is 0 Å². The monoisotopic (exact) mass is 211 g/mol. The van der Waals surface area contributed by atoms with Crippen molar-refractivity contribution in [2.75, 3.05) is 0 Å². The fourth-order valence-corrected chi connectivity index (χ4v) is 1.18. The van der Waals surface area contributed by atoms with Gasteiger partial charge >= 0.3 is 5.97 Å². The van der Waals surface area contributed by atoms with Crippen LogP contribution in [-0.4, -0.2) is 11.6 Å². The van der Waals surface area contributed by atoms with Crippen molar-refractivity contribution in [3.05, 3.63) is 23.2 Å². The minimum Gasteiger partial charge on any atom is -0.454 e. The van der Waals surface area contributed by atoms with Gasteiger partial charge in [-0.2, -0.15) is 0 Å². The molecule has 0 aromatic carbocycles. The molecule has 0 aliphatic carbocycles. The quantitative estimate of drug-likeness (QED) is 0.760. The van der Waals surface area contributed by atoms with Crippen LogP contribution in [0, 0.1) is 6.92 Å². The van der Waals surface area contributed by atoms with Crippen molar-refractivity contribution in [1.29, 1.82) is 0 Å². The van der Waals surface area contributed by atoms with Crippen LogP contribution in [0.25, 0.3) is 0 Å². The van der Waals surface area contributed by atoms with Crippen molar-refractivity contribution in [3.63, 3.8) is 0 Å². The van der Waals surface area contributed by atoms with Crippen LogP contribution in [0.5, 0.6) is 0 Å². The molecule has 1 aromatic rings. The van der Waals surface area contributed by atoms with Crippen LogP contribution in [0.15, 0.2) is 10.5 Å². The van der Waals surface area contributed by atoms with E-state index in [1.54, 1.807) is 13.0 Å². The van der Waals surface area contributed by atoms with Crippen LogP contribution in [0.2, 0.25) is 0 Å². The summed E-state index contributed by atoms with van der Waals surface area (Å²) in [5, 5.41) is 0. The Kier molecular flexibility index (Phi) is 3.19. The number of rotatable bonds is 2. The van der Waals surface area contributed by atoms with Gasteiger partial charge in [-0.3, -0.25) is 0 Å². The van der Waals surface area contributed by atoms with Gasteiger partial charge in [-0.1, -0.05) is 0 Å². The van der Waals surface area contributed by atoms with Gasteiger partial charge in [0.2, 0.25) is 5.76 Å². The number of nitrogens with two attached hydrogens (primary N) is 1. The standard InChI is InChI=1S/C11H17NO3/c1-7-5-8(6-12)14-9(7)10(13)15-11(2,3)4/h5H,6,12H2,1-4H3. The summed E-state index contributed by atoms with van der Waals surface area (Å²) in [5.41, 5.74) is 5.65. The lowest BCUT2D eigenvalue weighted by molar-refractivity contribution is 0.00334. The minimum absolute atomic E-state index is 0.241. The average Bonchev–Trinajstić information content (AvgIpc) is 2.43. The molecule has 0 saturated carbocycles. The van der Waals surface area contributed by atoms with E-state index in [1.165, 1.54) is 0 Å². The maximum Gasteiger partial charge on any atom is 0.375 e. The van der Waals surface area contributed by atoms with Crippen molar-refractivity contribution in [2.45, 2.75) is 39.8 Å². The predicted octanol–water partition coefficient (Wildman–Crippen LogP) is 2.00. The van der Waals surface area contributed by atoms with Crippen molar-refractivity contribution >= 4 is 5.97 Å². The lowest BCUT2D eigenvalue weighted by Gasteiger charge is -2.18. The van der Waals surface area contributed by atoms with Crippen LogP contribution in [0.4, 0.5) is 0 Å². The van der Waals surface area contributed by atoms with E-state index in [-0.39, 0.29) is 12.3 Å². The number of carbonyl (C=O) groups excluding carboxylic acids is 1. The van der Waals surface area contributed by atoms with Gasteiger partial charge < -0.3 is 14.9 Å². The number of ether oxygens (including phenoxy) is 1. The highest BCUT2D eigenvalue weighted by atomic mass is 16.6. The maximum absolute atomic E-state index is 11.7. The average molecular weight is 211 g/mol. The molecule has 4 heteroatoms. The molecular weight excluding hydrogens is 194 g/mol. The number of hydrogen-bond acceptors (Lipinski definition) is 4. The Bertz CT molecular complexity index is 360. The highest BCUT2D eigenvalue weighted by molar-refractivity contribution is 5.88. The highest BCUT2D eigenvalue weighted by Gasteiger charge is 2.22. The van der Waals surface area contributed by atoms with Crippen molar-refractivity contribution in [1.82, 2.24) is 0 Å². The van der Waals surface area contributed by atoms with Crippen molar-refractivity contribution in [2.24, 2.45) is 5.73 Å². The lowest BCUT2D eigenvalue weighted by atomic mass is 10.2. The Labute approximate surface area is 89.4 Å². The summed E-state index contributed by atoms with van der Waals surface area (Å²) in [6, 6.07) is 1.75. The molecule has 1 aromatic heterocycles. The maximum atomic E-state index is 11.7. The summed E-state index contributed by atoms with van der Waals surface area (Å²) in [6.07, 6.45) is 0. The molecule has 0 aliphatic heterocycles. The number of furan rings is 1. The summed E-state index contributed by atoms with van der Waals surface area (Å²) in [5.74, 6) is 0.387. The van der Waals surface area contributed by atoms with Gasteiger partial charge in [0.25, 0.3) is 0 Å². The number of hydrogen-bond donors (Lipinski definition) is 1. The summed E-state index contributed by atoms with van der Waals surface area (Å²) < 4.78 is 10.5. The zero-order valence-electron chi connectivity index (χ0n) is 9.59. The smallest absolute Gasteiger partial charge is 0.375 e. The van der Waals surface area contributed by atoms with E-state index in [1.807, 2.05) is 20.8 Å². The second kappa shape index (κ2) is 4.06.